The Kier molecular flexibility index (Phi) is 4.39. The largest absolute Gasteiger partial charge is 0.478 e. The number of nitrogens with one attached hydrogen (secondary N) is 1. The van der Waals surface area contributed by atoms with E-state index in [0.29, 0.717) is 12.1 Å². The molecule has 0 saturated carbocycles. The molecule has 104 valence electrons. The maximum Gasteiger partial charge on any atom is 0.336 e. The van der Waals surface area contributed by atoms with Crippen LogP contribution in [0.15, 0.2) is 34.9 Å². The molecule has 1 aromatic heterocycles. The minimum atomic E-state index is -0.926. The van der Waals surface area contributed by atoms with Gasteiger partial charge in [-0.05, 0) is 43.2 Å². The molecule has 0 aliphatic heterocycles. The average Bonchev–Trinajstić information content (AvgIpc) is 2.41. The van der Waals surface area contributed by atoms with E-state index in [9.17, 15) is 9.90 Å². The number of rotatable bonds is 4. The third kappa shape index (κ3) is 3.17. The van der Waals surface area contributed by atoms with Crippen LogP contribution < -0.4 is 5.32 Å². The molecule has 0 atom stereocenters. The van der Waals surface area contributed by atoms with Crippen molar-refractivity contribution >= 4 is 27.6 Å². The van der Waals surface area contributed by atoms with Gasteiger partial charge in [0.15, 0.2) is 0 Å². The minimum Gasteiger partial charge on any atom is -0.478 e. The van der Waals surface area contributed by atoms with Gasteiger partial charge in [0.25, 0.3) is 0 Å². The van der Waals surface area contributed by atoms with Gasteiger partial charge in [0.2, 0.25) is 0 Å². The summed E-state index contributed by atoms with van der Waals surface area (Å²) in [6.45, 7) is 4.33. The van der Waals surface area contributed by atoms with Crippen molar-refractivity contribution in [1.29, 1.82) is 0 Å². The number of aryl methyl sites for hydroxylation is 1. The molecule has 0 amide bonds. The van der Waals surface area contributed by atoms with Gasteiger partial charge in [-0.25, -0.2) is 4.79 Å². The Bertz CT molecular complexity index is 656. The zero-order valence-corrected chi connectivity index (χ0v) is 12.9. The molecule has 2 aromatic rings. The number of halogens is 1. The predicted molar refractivity (Wildman–Crippen MR) is 82.1 cm³/mol. The van der Waals surface area contributed by atoms with Gasteiger partial charge >= 0.3 is 5.97 Å². The molecule has 0 spiro atoms. The van der Waals surface area contributed by atoms with Crippen LogP contribution >= 0.6 is 15.9 Å². The molecule has 5 heteroatoms. The number of pyridine rings is 1. The van der Waals surface area contributed by atoms with Crippen molar-refractivity contribution in [2.75, 3.05) is 5.32 Å². The fourth-order valence-electron chi connectivity index (χ4n) is 1.90. The molecule has 0 fully saturated rings. The van der Waals surface area contributed by atoms with Crippen LogP contribution in [0, 0.1) is 13.8 Å². The quantitative estimate of drug-likeness (QED) is 0.893. The Balaban J connectivity index is 2.22. The van der Waals surface area contributed by atoms with Gasteiger partial charge in [0.1, 0.15) is 0 Å². The first kappa shape index (κ1) is 14.5. The average molecular weight is 335 g/mol. The van der Waals surface area contributed by atoms with Crippen molar-refractivity contribution in [3.63, 3.8) is 0 Å². The molecular weight excluding hydrogens is 320 g/mol. The van der Waals surface area contributed by atoms with Gasteiger partial charge in [0.05, 0.1) is 5.56 Å². The first-order valence-corrected chi connectivity index (χ1v) is 6.96. The molecule has 0 aliphatic carbocycles. The lowest BCUT2D eigenvalue weighted by molar-refractivity contribution is 0.0696. The van der Waals surface area contributed by atoms with E-state index in [-0.39, 0.29) is 0 Å². The van der Waals surface area contributed by atoms with Crippen molar-refractivity contribution in [2.45, 2.75) is 20.4 Å². The third-order valence-corrected chi connectivity index (χ3v) is 4.00. The van der Waals surface area contributed by atoms with E-state index in [0.717, 1.165) is 27.0 Å². The molecule has 1 aromatic carbocycles. The highest BCUT2D eigenvalue weighted by atomic mass is 79.9. The van der Waals surface area contributed by atoms with E-state index >= 15 is 0 Å². The third-order valence-electron chi connectivity index (χ3n) is 3.17. The number of carboxylic acids is 1. The molecular formula is C15H15BrN2O2. The normalized spacial score (nSPS) is 10.3. The highest BCUT2D eigenvalue weighted by Gasteiger charge is 2.11. The molecule has 0 unspecified atom stereocenters. The minimum absolute atomic E-state index is 0.296. The number of nitrogens with zero attached hydrogens (tertiary/aromatic N) is 1. The van der Waals surface area contributed by atoms with Crippen LogP contribution in [0.1, 0.15) is 27.2 Å². The van der Waals surface area contributed by atoms with Crippen LogP contribution in [0.2, 0.25) is 0 Å². The van der Waals surface area contributed by atoms with Crippen molar-refractivity contribution in [2.24, 2.45) is 0 Å². The SMILES string of the molecule is Cc1ncccc1CNc1cc(Br)c(C)c(C(=O)O)c1. The predicted octanol–water partition coefficient (Wildman–Crippen LogP) is 3.77. The number of hydrogen-bond donors (Lipinski definition) is 2. The molecule has 4 nitrogen and oxygen atoms in total. The second kappa shape index (κ2) is 6.05. The lowest BCUT2D eigenvalue weighted by Gasteiger charge is -2.11. The fourth-order valence-corrected chi connectivity index (χ4v) is 2.36. The lowest BCUT2D eigenvalue weighted by Crippen LogP contribution is -2.06. The summed E-state index contributed by atoms with van der Waals surface area (Å²) in [5.74, 6) is -0.926. The summed E-state index contributed by atoms with van der Waals surface area (Å²) in [4.78, 5) is 15.4. The van der Waals surface area contributed by atoms with E-state index in [1.807, 2.05) is 25.1 Å². The number of anilines is 1. The monoisotopic (exact) mass is 334 g/mol. The summed E-state index contributed by atoms with van der Waals surface area (Å²) in [7, 11) is 0. The van der Waals surface area contributed by atoms with Crippen LogP contribution in [0.25, 0.3) is 0 Å². The molecule has 0 aliphatic rings. The summed E-state index contributed by atoms with van der Waals surface area (Å²) in [5, 5.41) is 12.4. The van der Waals surface area contributed by atoms with Crippen molar-refractivity contribution < 1.29 is 9.90 Å². The van der Waals surface area contributed by atoms with Crippen LogP contribution in [0.4, 0.5) is 5.69 Å². The Labute approximate surface area is 126 Å². The zero-order valence-electron chi connectivity index (χ0n) is 11.3. The highest BCUT2D eigenvalue weighted by molar-refractivity contribution is 9.10. The number of carboxylic acid groups (broad SMARTS) is 1. The van der Waals surface area contributed by atoms with Gasteiger partial charge in [-0.3, -0.25) is 4.98 Å². The maximum atomic E-state index is 11.2. The summed E-state index contributed by atoms with van der Waals surface area (Å²) in [6.07, 6.45) is 1.75. The smallest absolute Gasteiger partial charge is 0.336 e. The van der Waals surface area contributed by atoms with Gasteiger partial charge < -0.3 is 10.4 Å². The standard InChI is InChI=1S/C15H15BrN2O2/c1-9-13(15(19)20)6-12(7-14(9)16)18-8-11-4-3-5-17-10(11)2/h3-7,18H,8H2,1-2H3,(H,19,20). The van der Waals surface area contributed by atoms with E-state index in [4.69, 9.17) is 0 Å². The first-order valence-electron chi connectivity index (χ1n) is 6.17. The van der Waals surface area contributed by atoms with Gasteiger partial charge in [0, 0.05) is 28.6 Å². The van der Waals surface area contributed by atoms with Crippen molar-refractivity contribution in [1.82, 2.24) is 4.98 Å². The van der Waals surface area contributed by atoms with E-state index < -0.39 is 5.97 Å². The Morgan fingerprint density at radius 3 is 2.80 bits per heavy atom. The van der Waals surface area contributed by atoms with Gasteiger partial charge in [-0.1, -0.05) is 22.0 Å². The molecule has 2 rings (SSSR count). The van der Waals surface area contributed by atoms with Crippen LogP contribution in [0.3, 0.4) is 0 Å². The molecule has 2 N–H and O–H groups in total. The van der Waals surface area contributed by atoms with Crippen LogP contribution in [0.5, 0.6) is 0 Å². The molecule has 0 bridgehead atoms. The second-order valence-corrected chi connectivity index (χ2v) is 5.39. The van der Waals surface area contributed by atoms with Crippen molar-refractivity contribution in [3.8, 4) is 0 Å². The highest BCUT2D eigenvalue weighted by Crippen LogP contribution is 2.25. The summed E-state index contributed by atoms with van der Waals surface area (Å²) >= 11 is 3.39. The Morgan fingerprint density at radius 1 is 1.40 bits per heavy atom. The number of benzene rings is 1. The summed E-state index contributed by atoms with van der Waals surface area (Å²) in [5.41, 5.74) is 3.83. The molecule has 0 saturated heterocycles. The molecule has 20 heavy (non-hydrogen) atoms. The topological polar surface area (TPSA) is 62.2 Å². The van der Waals surface area contributed by atoms with Crippen LogP contribution in [-0.4, -0.2) is 16.1 Å². The van der Waals surface area contributed by atoms with E-state index in [1.54, 1.807) is 19.2 Å². The number of carbonyl (C=O) groups is 1. The summed E-state index contributed by atoms with van der Waals surface area (Å²) in [6, 6.07) is 7.41. The Morgan fingerprint density at radius 2 is 2.15 bits per heavy atom. The fraction of sp³-hybridized carbons (Fsp3) is 0.200. The number of aromatic nitrogens is 1. The first-order chi connectivity index (χ1) is 9.49. The van der Waals surface area contributed by atoms with Gasteiger partial charge in [-0.15, -0.1) is 0 Å². The molecule has 1 heterocycles. The number of aromatic carboxylic acids is 1. The van der Waals surface area contributed by atoms with E-state index in [1.165, 1.54) is 0 Å². The zero-order chi connectivity index (χ0) is 14.7. The van der Waals surface area contributed by atoms with E-state index in [2.05, 4.69) is 26.2 Å². The Hall–Kier alpha value is -1.88. The van der Waals surface area contributed by atoms with Gasteiger partial charge in [-0.2, -0.15) is 0 Å². The maximum absolute atomic E-state index is 11.2. The lowest BCUT2D eigenvalue weighted by atomic mass is 10.1. The van der Waals surface area contributed by atoms with Crippen molar-refractivity contribution in [3.05, 3.63) is 57.3 Å². The second-order valence-electron chi connectivity index (χ2n) is 4.54. The molecule has 0 radical (unpaired) electrons. The number of hydrogen-bond acceptors (Lipinski definition) is 3. The van der Waals surface area contributed by atoms with Crippen LogP contribution in [-0.2, 0) is 6.54 Å². The summed E-state index contributed by atoms with van der Waals surface area (Å²) < 4.78 is 0.780.